The standard InChI is InChI=1S/C13H13FN2O/c1-8-4-10(6-11(14)5-8)13(17)16-12(7-15)9-2-3-9/h4-6,9,12H,2-3H2,1H3,(H,16,17). The van der Waals surface area contributed by atoms with Crippen molar-refractivity contribution in [1.82, 2.24) is 5.32 Å². The van der Waals surface area contributed by atoms with E-state index in [1.165, 1.54) is 12.1 Å². The predicted octanol–water partition coefficient (Wildman–Crippen LogP) is 2.17. The van der Waals surface area contributed by atoms with Gasteiger partial charge >= 0.3 is 0 Å². The lowest BCUT2D eigenvalue weighted by Gasteiger charge is -2.10. The van der Waals surface area contributed by atoms with Crippen molar-refractivity contribution in [3.05, 3.63) is 35.1 Å². The number of hydrogen-bond donors (Lipinski definition) is 1. The molecule has 1 aromatic carbocycles. The van der Waals surface area contributed by atoms with Gasteiger partial charge in [-0.3, -0.25) is 4.79 Å². The zero-order valence-electron chi connectivity index (χ0n) is 9.53. The molecule has 1 amide bonds. The van der Waals surface area contributed by atoms with Crippen molar-refractivity contribution < 1.29 is 9.18 Å². The van der Waals surface area contributed by atoms with Crippen LogP contribution in [-0.4, -0.2) is 11.9 Å². The Morgan fingerprint density at radius 1 is 1.53 bits per heavy atom. The number of nitrogens with one attached hydrogen (secondary N) is 1. The van der Waals surface area contributed by atoms with Gasteiger partial charge in [0.05, 0.1) is 6.07 Å². The van der Waals surface area contributed by atoms with Gasteiger partial charge in [-0.25, -0.2) is 4.39 Å². The van der Waals surface area contributed by atoms with Crippen LogP contribution in [0.4, 0.5) is 4.39 Å². The van der Waals surface area contributed by atoms with Crippen molar-refractivity contribution in [3.8, 4) is 6.07 Å². The molecule has 0 aromatic heterocycles. The van der Waals surface area contributed by atoms with Gasteiger partial charge in [0.25, 0.3) is 5.91 Å². The molecular weight excluding hydrogens is 219 g/mol. The number of aryl methyl sites for hydroxylation is 1. The molecule has 1 atom stereocenters. The first-order valence-corrected chi connectivity index (χ1v) is 5.58. The summed E-state index contributed by atoms with van der Waals surface area (Å²) in [6.45, 7) is 1.72. The Hall–Kier alpha value is -1.89. The van der Waals surface area contributed by atoms with Crippen LogP contribution in [0.5, 0.6) is 0 Å². The summed E-state index contributed by atoms with van der Waals surface area (Å²) in [5, 5.41) is 11.5. The van der Waals surface area contributed by atoms with Crippen LogP contribution >= 0.6 is 0 Å². The minimum Gasteiger partial charge on any atom is -0.336 e. The van der Waals surface area contributed by atoms with Crippen LogP contribution in [0, 0.1) is 30.0 Å². The highest BCUT2D eigenvalue weighted by Gasteiger charge is 2.32. The number of benzene rings is 1. The summed E-state index contributed by atoms with van der Waals surface area (Å²) in [5.74, 6) is -0.556. The highest BCUT2D eigenvalue weighted by atomic mass is 19.1. The van der Waals surface area contributed by atoms with Gasteiger partial charge in [-0.15, -0.1) is 0 Å². The summed E-state index contributed by atoms with van der Waals surface area (Å²) < 4.78 is 13.1. The molecule has 0 spiro atoms. The van der Waals surface area contributed by atoms with E-state index < -0.39 is 11.9 Å². The Morgan fingerprint density at radius 2 is 2.24 bits per heavy atom. The van der Waals surface area contributed by atoms with Crippen LogP contribution < -0.4 is 5.32 Å². The van der Waals surface area contributed by atoms with Crippen LogP contribution in [0.1, 0.15) is 28.8 Å². The molecule has 88 valence electrons. The number of rotatable bonds is 3. The lowest BCUT2D eigenvalue weighted by Crippen LogP contribution is -2.35. The van der Waals surface area contributed by atoms with Crippen LogP contribution in [0.15, 0.2) is 18.2 Å². The molecule has 17 heavy (non-hydrogen) atoms. The van der Waals surface area contributed by atoms with Gasteiger partial charge < -0.3 is 5.32 Å². The number of nitriles is 1. The van der Waals surface area contributed by atoms with Crippen LogP contribution in [0.3, 0.4) is 0 Å². The van der Waals surface area contributed by atoms with E-state index >= 15 is 0 Å². The number of carbonyl (C=O) groups is 1. The average molecular weight is 232 g/mol. The van der Waals surface area contributed by atoms with Crippen LogP contribution in [-0.2, 0) is 0 Å². The molecule has 0 aliphatic heterocycles. The van der Waals surface area contributed by atoms with Crippen LogP contribution in [0.2, 0.25) is 0 Å². The minimum atomic E-state index is -0.453. The Kier molecular flexibility index (Phi) is 3.10. The Morgan fingerprint density at radius 3 is 2.76 bits per heavy atom. The van der Waals surface area contributed by atoms with Crippen molar-refractivity contribution in [1.29, 1.82) is 5.26 Å². The zero-order valence-corrected chi connectivity index (χ0v) is 9.53. The molecule has 1 aliphatic rings. The molecule has 1 N–H and O–H groups in total. The fraction of sp³-hybridized carbons (Fsp3) is 0.385. The fourth-order valence-corrected chi connectivity index (χ4v) is 1.78. The Bertz CT molecular complexity index is 468. The molecule has 1 unspecified atom stereocenters. The molecule has 0 radical (unpaired) electrons. The molecule has 1 aliphatic carbocycles. The van der Waals surface area contributed by atoms with Crippen LogP contribution in [0.25, 0.3) is 0 Å². The smallest absolute Gasteiger partial charge is 0.252 e. The van der Waals surface area contributed by atoms with Crippen molar-refractivity contribution in [3.63, 3.8) is 0 Å². The summed E-state index contributed by atoms with van der Waals surface area (Å²) in [5.41, 5.74) is 0.957. The van der Waals surface area contributed by atoms with E-state index in [0.717, 1.165) is 12.8 Å². The molecule has 0 saturated heterocycles. The van der Waals surface area contributed by atoms with Crippen molar-refractivity contribution >= 4 is 5.91 Å². The Labute approximate surface area is 99.2 Å². The van der Waals surface area contributed by atoms with E-state index in [2.05, 4.69) is 11.4 Å². The lowest BCUT2D eigenvalue weighted by molar-refractivity contribution is 0.0941. The minimum absolute atomic E-state index is 0.263. The quantitative estimate of drug-likeness (QED) is 0.868. The topological polar surface area (TPSA) is 52.9 Å². The number of hydrogen-bond acceptors (Lipinski definition) is 2. The maximum atomic E-state index is 13.1. The lowest BCUT2D eigenvalue weighted by atomic mass is 10.1. The van der Waals surface area contributed by atoms with Crippen molar-refractivity contribution in [2.45, 2.75) is 25.8 Å². The maximum absolute atomic E-state index is 13.1. The molecule has 4 heteroatoms. The van der Waals surface area contributed by atoms with E-state index in [0.29, 0.717) is 5.56 Å². The fourth-order valence-electron chi connectivity index (χ4n) is 1.78. The highest BCUT2D eigenvalue weighted by molar-refractivity contribution is 5.94. The van der Waals surface area contributed by atoms with E-state index in [4.69, 9.17) is 5.26 Å². The van der Waals surface area contributed by atoms with Gasteiger partial charge in [-0.05, 0) is 49.4 Å². The monoisotopic (exact) mass is 232 g/mol. The first-order chi connectivity index (χ1) is 8.10. The third-order valence-corrected chi connectivity index (χ3v) is 2.82. The normalized spacial score (nSPS) is 16.1. The number of carbonyl (C=O) groups excluding carboxylic acids is 1. The van der Waals surface area contributed by atoms with Gasteiger partial charge in [0.2, 0.25) is 0 Å². The first-order valence-electron chi connectivity index (χ1n) is 5.58. The number of nitrogens with zero attached hydrogens (tertiary/aromatic N) is 1. The highest BCUT2D eigenvalue weighted by Crippen LogP contribution is 2.32. The molecule has 1 fully saturated rings. The zero-order chi connectivity index (χ0) is 12.4. The first kappa shape index (κ1) is 11.6. The van der Waals surface area contributed by atoms with Gasteiger partial charge in [-0.1, -0.05) is 0 Å². The van der Waals surface area contributed by atoms with E-state index in [-0.39, 0.29) is 17.4 Å². The second-order valence-corrected chi connectivity index (χ2v) is 4.43. The summed E-state index contributed by atoms with van der Waals surface area (Å²) in [7, 11) is 0. The van der Waals surface area contributed by atoms with Gasteiger partial charge in [0, 0.05) is 5.56 Å². The van der Waals surface area contributed by atoms with Gasteiger partial charge in [-0.2, -0.15) is 5.26 Å². The summed E-state index contributed by atoms with van der Waals surface area (Å²) in [6.07, 6.45) is 1.95. The third kappa shape index (κ3) is 2.82. The largest absolute Gasteiger partial charge is 0.336 e. The summed E-state index contributed by atoms with van der Waals surface area (Å²) >= 11 is 0. The van der Waals surface area contributed by atoms with E-state index in [1.54, 1.807) is 13.0 Å². The van der Waals surface area contributed by atoms with Crippen molar-refractivity contribution in [2.75, 3.05) is 0 Å². The Balaban J connectivity index is 2.11. The predicted molar refractivity (Wildman–Crippen MR) is 60.7 cm³/mol. The third-order valence-electron chi connectivity index (χ3n) is 2.82. The second kappa shape index (κ2) is 4.54. The molecule has 3 nitrogen and oxygen atoms in total. The van der Waals surface area contributed by atoms with Gasteiger partial charge in [0.1, 0.15) is 11.9 Å². The molecule has 1 aromatic rings. The molecular formula is C13H13FN2O. The van der Waals surface area contributed by atoms with Crippen molar-refractivity contribution in [2.24, 2.45) is 5.92 Å². The summed E-state index contributed by atoms with van der Waals surface area (Å²) in [4.78, 5) is 11.8. The molecule has 2 rings (SSSR count). The number of halogens is 1. The van der Waals surface area contributed by atoms with E-state index in [1.807, 2.05) is 0 Å². The molecule has 0 bridgehead atoms. The van der Waals surface area contributed by atoms with Gasteiger partial charge in [0.15, 0.2) is 0 Å². The average Bonchev–Trinajstić information content (AvgIpc) is 3.08. The van der Waals surface area contributed by atoms with E-state index in [9.17, 15) is 9.18 Å². The second-order valence-electron chi connectivity index (χ2n) is 4.43. The SMILES string of the molecule is Cc1cc(F)cc(C(=O)NC(C#N)C2CC2)c1. The summed E-state index contributed by atoms with van der Waals surface area (Å²) in [6, 6.07) is 5.77. The number of amides is 1. The molecule has 1 saturated carbocycles. The molecule has 0 heterocycles. The maximum Gasteiger partial charge on any atom is 0.252 e.